The minimum Gasteiger partial charge on any atom is -0.465 e. The molecule has 2 aliphatic heterocycles. The van der Waals surface area contributed by atoms with Gasteiger partial charge >= 0.3 is 5.97 Å². The van der Waals surface area contributed by atoms with Crippen molar-refractivity contribution in [3.63, 3.8) is 0 Å². The number of methoxy groups -OCH3 is 1. The quantitative estimate of drug-likeness (QED) is 0.641. The minimum atomic E-state index is -0.335. The fourth-order valence-corrected chi connectivity index (χ4v) is 4.30. The van der Waals surface area contributed by atoms with Crippen LogP contribution in [0.5, 0.6) is 0 Å². The molecule has 1 N–H and O–H groups in total. The number of esters is 1. The summed E-state index contributed by atoms with van der Waals surface area (Å²) >= 11 is 9.58. The highest BCUT2D eigenvalue weighted by Crippen LogP contribution is 2.35. The van der Waals surface area contributed by atoms with E-state index in [1.807, 2.05) is 18.2 Å². The maximum Gasteiger partial charge on any atom is 0.337 e. The molecule has 0 amide bonds. The van der Waals surface area contributed by atoms with E-state index in [2.05, 4.69) is 44.5 Å². The van der Waals surface area contributed by atoms with Crippen molar-refractivity contribution in [2.24, 2.45) is 0 Å². The zero-order valence-electron chi connectivity index (χ0n) is 16.1. The number of halogens is 2. The first kappa shape index (κ1) is 20.4. The number of likely N-dealkylation sites (tertiary alicyclic amines) is 1. The molecule has 2 aromatic rings. The van der Waals surface area contributed by atoms with Crippen molar-refractivity contribution >= 4 is 39.2 Å². The third-order valence-electron chi connectivity index (χ3n) is 5.48. The van der Waals surface area contributed by atoms with Gasteiger partial charge in [0.1, 0.15) is 5.60 Å². The second-order valence-electron chi connectivity index (χ2n) is 7.42. The monoisotopic (exact) mass is 476 g/mol. The first-order valence-electron chi connectivity index (χ1n) is 9.50. The number of carbonyl (C=O) groups excluding carboxylic acids is 1. The van der Waals surface area contributed by atoms with Crippen LogP contribution < -0.4 is 5.48 Å². The number of hydroxylamine groups is 1. The van der Waals surface area contributed by atoms with Crippen LogP contribution in [0.3, 0.4) is 0 Å². The minimum absolute atomic E-state index is 0.284. The number of piperidine rings is 1. The number of hydrogen-bond donors (Lipinski definition) is 1. The fourth-order valence-electron chi connectivity index (χ4n) is 3.76. The van der Waals surface area contributed by atoms with Gasteiger partial charge < -0.3 is 4.74 Å². The Balaban J connectivity index is 1.39. The molecule has 0 radical (unpaired) electrons. The van der Waals surface area contributed by atoms with Crippen LogP contribution in [-0.4, -0.2) is 36.7 Å². The van der Waals surface area contributed by atoms with Gasteiger partial charge in [0.15, 0.2) is 0 Å². The molecule has 2 aliphatic rings. The van der Waals surface area contributed by atoms with Crippen LogP contribution in [0, 0.1) is 0 Å². The number of rotatable bonds is 4. The summed E-state index contributed by atoms with van der Waals surface area (Å²) in [7, 11) is 1.38. The van der Waals surface area contributed by atoms with Gasteiger partial charge in [0, 0.05) is 24.1 Å². The van der Waals surface area contributed by atoms with Gasteiger partial charge in [-0.3, -0.25) is 15.2 Å². The van der Waals surface area contributed by atoms with Crippen LogP contribution in [0.4, 0.5) is 0 Å². The fraction of sp³-hybridized carbons (Fsp3) is 0.318. The largest absolute Gasteiger partial charge is 0.465 e. The van der Waals surface area contributed by atoms with E-state index >= 15 is 0 Å². The van der Waals surface area contributed by atoms with Gasteiger partial charge in [-0.1, -0.05) is 29.8 Å². The Morgan fingerprint density at radius 3 is 2.62 bits per heavy atom. The summed E-state index contributed by atoms with van der Waals surface area (Å²) in [5.41, 5.74) is 6.50. The SMILES string of the molecule is COC(=O)c1ccc(C2=CC3(CCN(Cc4ccc(Cl)c(Br)c4)CC3)ON2)cc1. The number of ether oxygens (including phenoxy) is 1. The van der Waals surface area contributed by atoms with E-state index in [1.165, 1.54) is 12.7 Å². The molecule has 152 valence electrons. The summed E-state index contributed by atoms with van der Waals surface area (Å²) in [6.07, 6.45) is 4.01. The van der Waals surface area contributed by atoms with Crippen molar-refractivity contribution in [3.05, 3.63) is 74.7 Å². The molecule has 1 saturated heterocycles. The van der Waals surface area contributed by atoms with Crippen LogP contribution in [0.1, 0.15) is 34.3 Å². The van der Waals surface area contributed by atoms with Crippen LogP contribution in [0.15, 0.2) is 53.0 Å². The second-order valence-corrected chi connectivity index (χ2v) is 8.68. The lowest BCUT2D eigenvalue weighted by Gasteiger charge is -2.36. The summed E-state index contributed by atoms with van der Waals surface area (Å²) in [6, 6.07) is 13.4. The lowest BCUT2D eigenvalue weighted by atomic mass is 9.90. The molecular formula is C22H22BrClN2O3. The van der Waals surface area contributed by atoms with Gasteiger partial charge in [0.2, 0.25) is 0 Å². The van der Waals surface area contributed by atoms with Crippen LogP contribution in [-0.2, 0) is 16.1 Å². The van der Waals surface area contributed by atoms with E-state index in [1.54, 1.807) is 12.1 Å². The van der Waals surface area contributed by atoms with E-state index in [4.69, 9.17) is 21.2 Å². The molecule has 2 aromatic carbocycles. The molecule has 0 aliphatic carbocycles. The smallest absolute Gasteiger partial charge is 0.337 e. The summed E-state index contributed by atoms with van der Waals surface area (Å²) in [5, 5.41) is 0.731. The molecule has 0 atom stereocenters. The Morgan fingerprint density at radius 1 is 1.24 bits per heavy atom. The second kappa shape index (κ2) is 8.48. The van der Waals surface area contributed by atoms with E-state index < -0.39 is 0 Å². The van der Waals surface area contributed by atoms with Crippen molar-refractivity contribution in [1.82, 2.24) is 10.4 Å². The lowest BCUT2D eigenvalue weighted by Crippen LogP contribution is -2.44. The molecule has 4 rings (SSSR count). The lowest BCUT2D eigenvalue weighted by molar-refractivity contribution is -0.0703. The van der Waals surface area contributed by atoms with Crippen molar-refractivity contribution in [3.8, 4) is 0 Å². The Kier molecular flexibility index (Phi) is 5.97. The maximum absolute atomic E-state index is 11.6. The van der Waals surface area contributed by atoms with Crippen molar-refractivity contribution in [2.75, 3.05) is 20.2 Å². The van der Waals surface area contributed by atoms with Crippen LogP contribution >= 0.6 is 27.5 Å². The highest BCUT2D eigenvalue weighted by molar-refractivity contribution is 9.10. The number of nitrogens with zero attached hydrogens (tertiary/aromatic N) is 1. The standard InChI is InChI=1S/C22H22BrClN2O3/c1-28-21(27)17-5-3-16(4-6-17)20-13-22(29-25-20)8-10-26(11-9-22)14-15-2-7-19(24)18(23)12-15/h2-7,12-13,25H,8-11,14H2,1H3. The molecule has 0 bridgehead atoms. The van der Waals surface area contributed by atoms with Gasteiger partial charge in [-0.05, 0) is 70.2 Å². The summed E-state index contributed by atoms with van der Waals surface area (Å²) in [5.74, 6) is -0.335. The molecule has 0 aromatic heterocycles. The molecule has 5 nitrogen and oxygen atoms in total. The predicted octanol–water partition coefficient (Wildman–Crippen LogP) is 4.80. The summed E-state index contributed by atoms with van der Waals surface area (Å²) in [6.45, 7) is 2.80. The first-order valence-corrected chi connectivity index (χ1v) is 10.7. The van der Waals surface area contributed by atoms with Crippen molar-refractivity contribution in [1.29, 1.82) is 0 Å². The Bertz CT molecular complexity index is 938. The average molecular weight is 478 g/mol. The molecule has 1 fully saturated rings. The van der Waals surface area contributed by atoms with Gasteiger partial charge in [0.05, 0.1) is 23.4 Å². The topological polar surface area (TPSA) is 50.8 Å². The third kappa shape index (κ3) is 4.51. The Hall–Kier alpha value is -1.86. The normalized spacial score (nSPS) is 18.4. The zero-order valence-corrected chi connectivity index (χ0v) is 18.4. The average Bonchev–Trinajstić information content (AvgIpc) is 3.16. The molecular weight excluding hydrogens is 456 g/mol. The highest BCUT2D eigenvalue weighted by Gasteiger charge is 2.38. The zero-order chi connectivity index (χ0) is 20.4. The molecule has 7 heteroatoms. The van der Waals surface area contributed by atoms with Crippen LogP contribution in [0.2, 0.25) is 5.02 Å². The first-order chi connectivity index (χ1) is 14.0. The Labute approximate surface area is 183 Å². The van der Waals surface area contributed by atoms with E-state index in [0.717, 1.165) is 53.2 Å². The number of carbonyl (C=O) groups is 1. The molecule has 0 saturated carbocycles. The van der Waals surface area contributed by atoms with Crippen molar-refractivity contribution in [2.45, 2.75) is 25.0 Å². The Morgan fingerprint density at radius 2 is 1.97 bits per heavy atom. The van der Waals surface area contributed by atoms with Crippen LogP contribution in [0.25, 0.3) is 5.70 Å². The summed E-state index contributed by atoms with van der Waals surface area (Å²) < 4.78 is 5.68. The van der Waals surface area contributed by atoms with Crippen molar-refractivity contribution < 1.29 is 14.4 Å². The molecule has 2 heterocycles. The summed E-state index contributed by atoms with van der Waals surface area (Å²) in [4.78, 5) is 20.0. The predicted molar refractivity (Wildman–Crippen MR) is 116 cm³/mol. The van der Waals surface area contributed by atoms with E-state index in [9.17, 15) is 4.79 Å². The van der Waals surface area contributed by atoms with Gasteiger partial charge in [-0.15, -0.1) is 0 Å². The number of hydrogen-bond acceptors (Lipinski definition) is 5. The number of benzene rings is 2. The van der Waals surface area contributed by atoms with Gasteiger partial charge in [0.25, 0.3) is 0 Å². The van der Waals surface area contributed by atoms with Gasteiger partial charge in [-0.2, -0.15) is 0 Å². The highest BCUT2D eigenvalue weighted by atomic mass is 79.9. The maximum atomic E-state index is 11.6. The molecule has 0 unspecified atom stereocenters. The third-order valence-corrected chi connectivity index (χ3v) is 6.70. The molecule has 29 heavy (non-hydrogen) atoms. The molecule has 1 spiro atoms. The van der Waals surface area contributed by atoms with Gasteiger partial charge in [-0.25, -0.2) is 4.79 Å². The van der Waals surface area contributed by atoms with E-state index in [0.29, 0.717) is 5.56 Å². The van der Waals surface area contributed by atoms with E-state index in [-0.39, 0.29) is 11.6 Å². The number of nitrogens with one attached hydrogen (secondary N) is 1.